The van der Waals surface area contributed by atoms with Gasteiger partial charge in [0.15, 0.2) is 0 Å². The van der Waals surface area contributed by atoms with Crippen molar-refractivity contribution in [1.82, 2.24) is 15.5 Å². The number of nitrogens with one attached hydrogen (secondary N) is 2. The van der Waals surface area contributed by atoms with Gasteiger partial charge in [0.1, 0.15) is 6.10 Å². The van der Waals surface area contributed by atoms with Gasteiger partial charge in [-0.15, -0.1) is 0 Å². The van der Waals surface area contributed by atoms with Crippen molar-refractivity contribution < 1.29 is 4.74 Å². The minimum absolute atomic E-state index is 0.134. The highest BCUT2D eigenvalue weighted by molar-refractivity contribution is 5.03. The first-order valence-electron chi connectivity index (χ1n) is 3.79. The average Bonchev–Trinajstić information content (AvgIpc) is 2.58. The maximum Gasteiger partial charge on any atom is 0.114 e. The Hall–Kier alpha value is -0.870. The van der Waals surface area contributed by atoms with E-state index in [1.165, 1.54) is 0 Å². The fourth-order valence-electron chi connectivity index (χ4n) is 1.21. The van der Waals surface area contributed by atoms with Gasteiger partial charge in [-0.3, -0.25) is 5.10 Å². The molecule has 0 amide bonds. The van der Waals surface area contributed by atoms with Crippen molar-refractivity contribution in [3.8, 4) is 0 Å². The number of morpholine rings is 1. The van der Waals surface area contributed by atoms with Gasteiger partial charge in [-0.1, -0.05) is 0 Å². The number of rotatable bonds is 1. The van der Waals surface area contributed by atoms with E-state index < -0.39 is 0 Å². The summed E-state index contributed by atoms with van der Waals surface area (Å²) in [7, 11) is 0. The second kappa shape index (κ2) is 3.02. The van der Waals surface area contributed by atoms with E-state index in [0.29, 0.717) is 0 Å². The van der Waals surface area contributed by atoms with Gasteiger partial charge in [0.05, 0.1) is 12.3 Å². The Kier molecular flexibility index (Phi) is 1.87. The van der Waals surface area contributed by atoms with Crippen LogP contribution in [-0.2, 0) is 4.74 Å². The van der Waals surface area contributed by atoms with E-state index in [4.69, 9.17) is 4.74 Å². The van der Waals surface area contributed by atoms with Crippen molar-refractivity contribution in [1.29, 1.82) is 0 Å². The Labute approximate surface area is 64.9 Å². The molecule has 4 nitrogen and oxygen atoms in total. The Morgan fingerprint density at radius 3 is 3.27 bits per heavy atom. The van der Waals surface area contributed by atoms with Crippen LogP contribution in [0.1, 0.15) is 11.8 Å². The molecule has 1 aliphatic heterocycles. The molecule has 0 radical (unpaired) electrons. The van der Waals surface area contributed by atoms with Crippen molar-refractivity contribution >= 4 is 0 Å². The van der Waals surface area contributed by atoms with Crippen molar-refractivity contribution in [3.05, 3.63) is 18.0 Å². The van der Waals surface area contributed by atoms with E-state index >= 15 is 0 Å². The van der Waals surface area contributed by atoms with E-state index in [9.17, 15) is 0 Å². The first-order valence-corrected chi connectivity index (χ1v) is 3.79. The lowest BCUT2D eigenvalue weighted by Crippen LogP contribution is -2.33. The predicted octanol–water partition coefficient (Wildman–Crippen LogP) is 0.0706. The van der Waals surface area contributed by atoms with Crippen molar-refractivity contribution in [2.45, 2.75) is 6.10 Å². The van der Waals surface area contributed by atoms with Gasteiger partial charge in [-0.25, -0.2) is 0 Å². The Bertz CT molecular complexity index is 203. The number of aromatic nitrogens is 2. The lowest BCUT2D eigenvalue weighted by molar-refractivity contribution is 0.0250. The second-order valence-electron chi connectivity index (χ2n) is 2.56. The van der Waals surface area contributed by atoms with E-state index in [2.05, 4.69) is 15.5 Å². The first kappa shape index (κ1) is 6.82. The summed E-state index contributed by atoms with van der Waals surface area (Å²) in [6.45, 7) is 2.59. The van der Waals surface area contributed by atoms with Gasteiger partial charge < -0.3 is 10.1 Å². The van der Waals surface area contributed by atoms with Crippen LogP contribution in [0.3, 0.4) is 0 Å². The molecule has 2 heterocycles. The highest BCUT2D eigenvalue weighted by Gasteiger charge is 2.16. The molecule has 1 atom stereocenters. The van der Waals surface area contributed by atoms with Crippen LogP contribution in [0.2, 0.25) is 0 Å². The molecule has 0 bridgehead atoms. The standard InChI is InChI=1S/C7H11N3O/c1-2-9-10-6(1)7-5-8-3-4-11-7/h1-2,7-8H,3-5H2,(H,9,10). The van der Waals surface area contributed by atoms with E-state index in [0.717, 1.165) is 25.4 Å². The highest BCUT2D eigenvalue weighted by Crippen LogP contribution is 2.14. The molecule has 11 heavy (non-hydrogen) atoms. The van der Waals surface area contributed by atoms with Crippen LogP contribution >= 0.6 is 0 Å². The SMILES string of the molecule is c1cc(C2CNCCO2)n[nH]1. The largest absolute Gasteiger partial charge is 0.369 e. The average molecular weight is 153 g/mol. The lowest BCUT2D eigenvalue weighted by atomic mass is 10.2. The van der Waals surface area contributed by atoms with Crippen molar-refractivity contribution in [3.63, 3.8) is 0 Å². The van der Waals surface area contributed by atoms with Gasteiger partial charge >= 0.3 is 0 Å². The Morgan fingerprint density at radius 1 is 1.64 bits per heavy atom. The summed E-state index contributed by atoms with van der Waals surface area (Å²) in [5.41, 5.74) is 0.984. The molecule has 2 rings (SSSR count). The molecule has 1 aromatic rings. The van der Waals surface area contributed by atoms with E-state index in [1.807, 2.05) is 12.3 Å². The zero-order chi connectivity index (χ0) is 7.52. The third-order valence-corrected chi connectivity index (χ3v) is 1.78. The van der Waals surface area contributed by atoms with Gasteiger partial charge in [0.2, 0.25) is 0 Å². The van der Waals surface area contributed by atoms with Crippen LogP contribution in [0.4, 0.5) is 0 Å². The molecule has 60 valence electrons. The fraction of sp³-hybridized carbons (Fsp3) is 0.571. The molecule has 0 aromatic carbocycles. The van der Waals surface area contributed by atoms with Gasteiger partial charge in [0.25, 0.3) is 0 Å². The molecule has 1 saturated heterocycles. The smallest absolute Gasteiger partial charge is 0.114 e. The highest BCUT2D eigenvalue weighted by atomic mass is 16.5. The summed E-state index contributed by atoms with van der Waals surface area (Å²) >= 11 is 0. The number of hydrogen-bond donors (Lipinski definition) is 2. The lowest BCUT2D eigenvalue weighted by Gasteiger charge is -2.21. The quantitative estimate of drug-likeness (QED) is 0.600. The van der Waals surface area contributed by atoms with Gasteiger partial charge in [-0.05, 0) is 6.07 Å². The molecular weight excluding hydrogens is 142 g/mol. The summed E-state index contributed by atoms with van der Waals surface area (Å²) in [4.78, 5) is 0. The second-order valence-corrected chi connectivity index (χ2v) is 2.56. The normalized spacial score (nSPS) is 25.3. The van der Waals surface area contributed by atoms with Gasteiger partial charge in [-0.2, -0.15) is 5.10 Å². The van der Waals surface area contributed by atoms with Crippen LogP contribution in [0.25, 0.3) is 0 Å². The van der Waals surface area contributed by atoms with E-state index in [1.54, 1.807) is 0 Å². The van der Waals surface area contributed by atoms with Crippen molar-refractivity contribution in [2.75, 3.05) is 19.7 Å². The summed E-state index contributed by atoms with van der Waals surface area (Å²) < 4.78 is 5.48. The fourth-order valence-corrected chi connectivity index (χ4v) is 1.21. The van der Waals surface area contributed by atoms with Gasteiger partial charge in [0, 0.05) is 19.3 Å². The number of hydrogen-bond acceptors (Lipinski definition) is 3. The first-order chi connectivity index (χ1) is 5.47. The van der Waals surface area contributed by atoms with Crippen LogP contribution < -0.4 is 5.32 Å². The number of H-pyrrole nitrogens is 1. The number of ether oxygens (including phenoxy) is 1. The monoisotopic (exact) mass is 153 g/mol. The zero-order valence-electron chi connectivity index (χ0n) is 6.21. The summed E-state index contributed by atoms with van der Waals surface area (Å²) in [6.07, 6.45) is 1.95. The van der Waals surface area contributed by atoms with Crippen LogP contribution in [0.5, 0.6) is 0 Å². The number of aromatic amines is 1. The zero-order valence-corrected chi connectivity index (χ0v) is 6.21. The third kappa shape index (κ3) is 1.41. The Morgan fingerprint density at radius 2 is 2.64 bits per heavy atom. The van der Waals surface area contributed by atoms with Crippen LogP contribution in [0.15, 0.2) is 12.3 Å². The van der Waals surface area contributed by atoms with Crippen LogP contribution in [0, 0.1) is 0 Å². The molecule has 4 heteroatoms. The van der Waals surface area contributed by atoms with Crippen molar-refractivity contribution in [2.24, 2.45) is 0 Å². The molecule has 2 N–H and O–H groups in total. The molecule has 1 unspecified atom stereocenters. The molecule has 1 aliphatic rings. The predicted molar refractivity (Wildman–Crippen MR) is 40.2 cm³/mol. The number of nitrogens with zero attached hydrogens (tertiary/aromatic N) is 1. The topological polar surface area (TPSA) is 49.9 Å². The molecular formula is C7H11N3O. The van der Waals surface area contributed by atoms with Crippen LogP contribution in [-0.4, -0.2) is 29.9 Å². The minimum Gasteiger partial charge on any atom is -0.369 e. The Balaban J connectivity index is 2.04. The minimum atomic E-state index is 0.134. The summed E-state index contributed by atoms with van der Waals surface area (Å²) in [5.74, 6) is 0. The summed E-state index contributed by atoms with van der Waals surface area (Å²) in [6, 6.07) is 1.94. The molecule has 1 aromatic heterocycles. The summed E-state index contributed by atoms with van der Waals surface area (Å²) in [5, 5.41) is 10.1. The molecule has 0 saturated carbocycles. The molecule has 1 fully saturated rings. The maximum absolute atomic E-state index is 5.48. The third-order valence-electron chi connectivity index (χ3n) is 1.78. The maximum atomic E-state index is 5.48. The molecule has 0 aliphatic carbocycles. The van der Waals surface area contributed by atoms with E-state index in [-0.39, 0.29) is 6.10 Å². The molecule has 0 spiro atoms.